The van der Waals surface area contributed by atoms with Crippen LogP contribution in [0.25, 0.3) is 77.2 Å². The summed E-state index contributed by atoms with van der Waals surface area (Å²) < 4.78 is 0. The summed E-state index contributed by atoms with van der Waals surface area (Å²) in [6, 6.07) is 53.7. The van der Waals surface area contributed by atoms with Crippen molar-refractivity contribution in [3.63, 3.8) is 0 Å². The number of rotatable bonds is 4. The molecule has 0 saturated heterocycles. The summed E-state index contributed by atoms with van der Waals surface area (Å²) in [5.74, 6) is 0. The van der Waals surface area contributed by atoms with Gasteiger partial charge in [-0.1, -0.05) is 121 Å². The Labute approximate surface area is 244 Å². The van der Waals surface area contributed by atoms with E-state index in [0.717, 1.165) is 44.4 Å². The van der Waals surface area contributed by atoms with Crippen LogP contribution in [0.1, 0.15) is 0 Å². The second-order valence-corrected chi connectivity index (χ2v) is 10.7. The zero-order valence-electron chi connectivity index (χ0n) is 22.9. The lowest BCUT2D eigenvalue weighted by Crippen LogP contribution is -1.92. The first-order chi connectivity index (χ1) is 20.8. The molecule has 0 N–H and O–H groups in total. The number of fused-ring (bicyclic) bond motifs is 4. The average Bonchev–Trinajstić information content (AvgIpc) is 3.08. The van der Waals surface area contributed by atoms with Gasteiger partial charge in [0.1, 0.15) is 0 Å². The van der Waals surface area contributed by atoms with E-state index < -0.39 is 0 Å². The first-order valence-electron chi connectivity index (χ1n) is 14.2. The molecule has 2 nitrogen and oxygen atoms in total. The third-order valence-corrected chi connectivity index (χ3v) is 8.08. The van der Waals surface area contributed by atoms with Crippen LogP contribution in [0.5, 0.6) is 0 Å². The van der Waals surface area contributed by atoms with Gasteiger partial charge < -0.3 is 0 Å². The van der Waals surface area contributed by atoms with Crippen molar-refractivity contribution < 1.29 is 0 Å². The minimum absolute atomic E-state index is 0.970. The highest BCUT2D eigenvalue weighted by molar-refractivity contribution is 6.13. The third kappa shape index (κ3) is 4.31. The molecule has 0 aliphatic rings. The van der Waals surface area contributed by atoms with E-state index >= 15 is 0 Å². The van der Waals surface area contributed by atoms with Crippen LogP contribution in [0.15, 0.2) is 158 Å². The maximum Gasteiger partial charge on any atom is 0.0722 e. The zero-order chi connectivity index (χ0) is 27.9. The quantitative estimate of drug-likeness (QED) is 0.210. The van der Waals surface area contributed by atoms with Gasteiger partial charge in [-0.2, -0.15) is 0 Å². The highest BCUT2D eigenvalue weighted by Gasteiger charge is 2.13. The first kappa shape index (κ1) is 24.2. The third-order valence-electron chi connectivity index (χ3n) is 8.08. The minimum atomic E-state index is 0.970. The van der Waals surface area contributed by atoms with Crippen LogP contribution >= 0.6 is 0 Å². The van der Waals surface area contributed by atoms with Gasteiger partial charge in [0.2, 0.25) is 0 Å². The molecule has 2 heterocycles. The number of hydrogen-bond acceptors (Lipinski definition) is 2. The standard InChI is InChI=1S/C40H26N2/c1-2-9-29(10-3-1)36-25-39(42-38-22-21-30-11-4-6-15-35(30)40(36)38)33-14-8-13-31(23-33)27-17-19-28(20-18-27)34-24-32-12-5-7-16-37(32)41-26-34/h1-26H. The largest absolute Gasteiger partial charge is 0.256 e. The molecule has 0 unspecified atom stereocenters. The summed E-state index contributed by atoms with van der Waals surface area (Å²) in [6.07, 6.45) is 1.96. The predicted molar refractivity (Wildman–Crippen MR) is 176 cm³/mol. The molecule has 0 radical (unpaired) electrons. The van der Waals surface area contributed by atoms with E-state index in [1.165, 1.54) is 32.8 Å². The maximum absolute atomic E-state index is 5.19. The SMILES string of the molecule is c1ccc(-c2cc(-c3cccc(-c4ccc(-c5cnc6ccccc6c5)cc4)c3)nc3ccc4ccccc4c23)cc1. The number of benzene rings is 6. The Morgan fingerprint density at radius 1 is 0.381 bits per heavy atom. The van der Waals surface area contributed by atoms with Crippen LogP contribution in [0.3, 0.4) is 0 Å². The number of hydrogen-bond donors (Lipinski definition) is 0. The number of para-hydroxylation sites is 1. The normalized spacial score (nSPS) is 11.3. The number of pyridine rings is 2. The summed E-state index contributed by atoms with van der Waals surface area (Å²) in [6.45, 7) is 0. The molecule has 0 aliphatic carbocycles. The van der Waals surface area contributed by atoms with Crippen molar-refractivity contribution in [2.45, 2.75) is 0 Å². The molecule has 0 amide bonds. The molecule has 0 saturated carbocycles. The van der Waals surface area contributed by atoms with E-state index in [0.29, 0.717) is 0 Å². The molecular formula is C40H26N2. The first-order valence-corrected chi connectivity index (χ1v) is 14.2. The summed E-state index contributed by atoms with van der Waals surface area (Å²) in [4.78, 5) is 9.83. The molecule has 0 atom stereocenters. The monoisotopic (exact) mass is 534 g/mol. The molecule has 196 valence electrons. The molecular weight excluding hydrogens is 508 g/mol. The predicted octanol–water partition coefficient (Wildman–Crippen LogP) is 10.6. The summed E-state index contributed by atoms with van der Waals surface area (Å²) >= 11 is 0. The van der Waals surface area contributed by atoms with Crippen LogP contribution in [0.2, 0.25) is 0 Å². The topological polar surface area (TPSA) is 25.8 Å². The van der Waals surface area contributed by atoms with Crippen LogP contribution in [-0.2, 0) is 0 Å². The van der Waals surface area contributed by atoms with E-state index in [1.54, 1.807) is 0 Å². The minimum Gasteiger partial charge on any atom is -0.256 e. The highest BCUT2D eigenvalue weighted by Crippen LogP contribution is 2.37. The van der Waals surface area contributed by atoms with Crippen molar-refractivity contribution in [2.24, 2.45) is 0 Å². The van der Waals surface area contributed by atoms with Crippen molar-refractivity contribution >= 4 is 32.6 Å². The van der Waals surface area contributed by atoms with Gasteiger partial charge in [-0.15, -0.1) is 0 Å². The molecule has 8 aromatic rings. The maximum atomic E-state index is 5.19. The Hall–Kier alpha value is -5.60. The summed E-state index contributed by atoms with van der Waals surface area (Å²) in [7, 11) is 0. The molecule has 0 spiro atoms. The Bertz CT molecular complexity index is 2230. The van der Waals surface area contributed by atoms with Gasteiger partial charge in [-0.3, -0.25) is 4.98 Å². The van der Waals surface area contributed by atoms with E-state index in [4.69, 9.17) is 4.98 Å². The van der Waals surface area contributed by atoms with Crippen LogP contribution in [0.4, 0.5) is 0 Å². The fraction of sp³-hybridized carbons (Fsp3) is 0. The zero-order valence-corrected chi connectivity index (χ0v) is 22.9. The van der Waals surface area contributed by atoms with Crippen molar-refractivity contribution in [1.29, 1.82) is 0 Å². The fourth-order valence-electron chi connectivity index (χ4n) is 5.94. The van der Waals surface area contributed by atoms with Crippen LogP contribution < -0.4 is 0 Å². The lowest BCUT2D eigenvalue weighted by Gasteiger charge is -2.14. The Morgan fingerprint density at radius 3 is 1.93 bits per heavy atom. The van der Waals surface area contributed by atoms with Gasteiger partial charge in [0.05, 0.1) is 16.7 Å². The fourth-order valence-corrected chi connectivity index (χ4v) is 5.94. The average molecular weight is 535 g/mol. The van der Waals surface area contributed by atoms with Crippen molar-refractivity contribution in [1.82, 2.24) is 9.97 Å². The lowest BCUT2D eigenvalue weighted by atomic mass is 9.94. The Kier molecular flexibility index (Phi) is 5.82. The highest BCUT2D eigenvalue weighted by atomic mass is 14.7. The molecule has 2 aromatic heterocycles. The lowest BCUT2D eigenvalue weighted by molar-refractivity contribution is 1.40. The molecule has 8 rings (SSSR count). The smallest absolute Gasteiger partial charge is 0.0722 e. The van der Waals surface area contributed by atoms with Crippen LogP contribution in [0, 0.1) is 0 Å². The summed E-state index contributed by atoms with van der Waals surface area (Å²) in [5, 5.41) is 4.79. The van der Waals surface area contributed by atoms with E-state index in [2.05, 4.69) is 145 Å². The van der Waals surface area contributed by atoms with Gasteiger partial charge in [-0.25, -0.2) is 4.98 Å². The van der Waals surface area contributed by atoms with E-state index in [1.807, 2.05) is 18.3 Å². The van der Waals surface area contributed by atoms with Crippen molar-refractivity contribution in [3.8, 4) is 44.6 Å². The number of nitrogens with zero attached hydrogens (tertiary/aromatic N) is 2. The molecule has 0 aliphatic heterocycles. The Morgan fingerprint density at radius 2 is 1.07 bits per heavy atom. The van der Waals surface area contributed by atoms with E-state index in [-0.39, 0.29) is 0 Å². The molecule has 2 heteroatoms. The van der Waals surface area contributed by atoms with Crippen molar-refractivity contribution in [2.75, 3.05) is 0 Å². The molecule has 6 aromatic carbocycles. The van der Waals surface area contributed by atoms with Crippen LogP contribution in [-0.4, -0.2) is 9.97 Å². The van der Waals surface area contributed by atoms with Crippen molar-refractivity contribution in [3.05, 3.63) is 158 Å². The van der Waals surface area contributed by atoms with Gasteiger partial charge in [0.25, 0.3) is 0 Å². The number of aromatic nitrogens is 2. The second-order valence-electron chi connectivity index (χ2n) is 10.7. The second kappa shape index (κ2) is 10.1. The van der Waals surface area contributed by atoms with Gasteiger partial charge in [0, 0.05) is 28.1 Å². The van der Waals surface area contributed by atoms with Gasteiger partial charge >= 0.3 is 0 Å². The molecule has 0 fully saturated rings. The van der Waals surface area contributed by atoms with Gasteiger partial charge in [-0.05, 0) is 68.9 Å². The Balaban J connectivity index is 1.21. The molecule has 42 heavy (non-hydrogen) atoms. The molecule has 0 bridgehead atoms. The van der Waals surface area contributed by atoms with Gasteiger partial charge in [0.15, 0.2) is 0 Å². The summed E-state index contributed by atoms with van der Waals surface area (Å²) in [5.41, 5.74) is 11.1. The van der Waals surface area contributed by atoms with E-state index in [9.17, 15) is 0 Å².